The summed E-state index contributed by atoms with van der Waals surface area (Å²) in [4.78, 5) is 30.5. The largest absolute Gasteiger partial charge is 0.486 e. The molecule has 27 heavy (non-hydrogen) atoms. The lowest BCUT2D eigenvalue weighted by Crippen LogP contribution is -2.54. The normalized spacial score (nSPS) is 20.9. The van der Waals surface area contributed by atoms with Gasteiger partial charge in [-0.25, -0.2) is 9.80 Å². The van der Waals surface area contributed by atoms with E-state index in [1.54, 1.807) is 9.80 Å². The molecule has 3 aliphatic rings. The van der Waals surface area contributed by atoms with Gasteiger partial charge in [0.2, 0.25) is 0 Å². The Balaban J connectivity index is 1.34. The first-order valence-corrected chi connectivity index (χ1v) is 9.29. The number of ether oxygens (including phenoxy) is 2. The number of piperazine rings is 1. The number of fused-ring (bicyclic) bond motifs is 1. The number of benzene rings is 1. The van der Waals surface area contributed by atoms with Gasteiger partial charge >= 0.3 is 6.03 Å². The molecular formula is C18H25N5O4. The molecule has 0 aliphatic carbocycles. The van der Waals surface area contributed by atoms with E-state index in [9.17, 15) is 9.59 Å². The summed E-state index contributed by atoms with van der Waals surface area (Å²) in [6.07, 6.45) is 0. The first-order valence-electron chi connectivity index (χ1n) is 9.29. The number of urea groups is 1. The summed E-state index contributed by atoms with van der Waals surface area (Å²) in [5.74, 6) is 1.19. The fourth-order valence-corrected chi connectivity index (χ4v) is 3.47. The number of likely N-dealkylation sites (N-methyl/N-ethyl adjacent to an activating group) is 1. The molecule has 2 fully saturated rings. The summed E-state index contributed by atoms with van der Waals surface area (Å²) in [5, 5.41) is 1.92. The molecule has 1 aromatic rings. The van der Waals surface area contributed by atoms with Crippen molar-refractivity contribution in [3.8, 4) is 11.5 Å². The number of nitrogens with zero attached hydrogens (tertiary/aromatic N) is 4. The zero-order valence-corrected chi connectivity index (χ0v) is 15.5. The number of carbonyl (C=O) groups excluding carboxylic acids is 2. The average molecular weight is 375 g/mol. The van der Waals surface area contributed by atoms with Crippen LogP contribution in [-0.4, -0.2) is 92.8 Å². The third-order valence-corrected chi connectivity index (χ3v) is 5.05. The lowest BCUT2D eigenvalue weighted by molar-refractivity contribution is -0.127. The van der Waals surface area contributed by atoms with Crippen molar-refractivity contribution in [1.29, 1.82) is 0 Å². The highest BCUT2D eigenvalue weighted by molar-refractivity contribution is 5.96. The van der Waals surface area contributed by atoms with Gasteiger partial charge in [-0.3, -0.25) is 15.1 Å². The first-order chi connectivity index (χ1) is 13.1. The summed E-state index contributed by atoms with van der Waals surface area (Å²) in [6.45, 7) is 5.57. The lowest BCUT2D eigenvalue weighted by atomic mass is 10.2. The third kappa shape index (κ3) is 3.93. The number of anilines is 1. The molecule has 3 heterocycles. The van der Waals surface area contributed by atoms with Gasteiger partial charge in [0, 0.05) is 51.0 Å². The van der Waals surface area contributed by atoms with Crippen LogP contribution in [0.25, 0.3) is 0 Å². The summed E-state index contributed by atoms with van der Waals surface area (Å²) >= 11 is 0. The lowest BCUT2D eigenvalue weighted by Gasteiger charge is -2.32. The molecule has 2 saturated heterocycles. The molecule has 3 aliphatic heterocycles. The molecule has 0 saturated carbocycles. The number of nitrogens with one attached hydrogen (secondary N) is 1. The number of hydrazine groups is 1. The number of hydrogen-bond acceptors (Lipinski definition) is 6. The fraction of sp³-hybridized carbons (Fsp3) is 0.556. The minimum atomic E-state index is -0.166. The molecule has 0 bridgehead atoms. The molecule has 0 spiro atoms. The summed E-state index contributed by atoms with van der Waals surface area (Å²) < 4.78 is 11.1. The zero-order chi connectivity index (χ0) is 18.8. The Hall–Kier alpha value is -2.52. The first kappa shape index (κ1) is 17.9. The second-order valence-electron chi connectivity index (χ2n) is 7.01. The van der Waals surface area contributed by atoms with Crippen molar-refractivity contribution < 1.29 is 19.1 Å². The van der Waals surface area contributed by atoms with Crippen molar-refractivity contribution in [3.05, 3.63) is 18.2 Å². The molecule has 0 radical (unpaired) electrons. The van der Waals surface area contributed by atoms with Crippen LogP contribution in [0.2, 0.25) is 0 Å². The Labute approximate surface area is 158 Å². The van der Waals surface area contributed by atoms with Crippen molar-refractivity contribution in [2.75, 3.05) is 71.0 Å². The second-order valence-corrected chi connectivity index (χ2v) is 7.01. The van der Waals surface area contributed by atoms with Gasteiger partial charge in [0.05, 0.1) is 0 Å². The van der Waals surface area contributed by atoms with E-state index in [-0.39, 0.29) is 18.5 Å². The minimum absolute atomic E-state index is 0.0617. The highest BCUT2D eigenvalue weighted by atomic mass is 16.6. The van der Waals surface area contributed by atoms with E-state index in [0.717, 1.165) is 31.9 Å². The van der Waals surface area contributed by atoms with Crippen molar-refractivity contribution in [3.63, 3.8) is 0 Å². The van der Waals surface area contributed by atoms with Crippen LogP contribution in [0, 0.1) is 0 Å². The highest BCUT2D eigenvalue weighted by Gasteiger charge is 2.32. The third-order valence-electron chi connectivity index (χ3n) is 5.05. The van der Waals surface area contributed by atoms with Crippen LogP contribution in [-0.2, 0) is 4.79 Å². The Kier molecular flexibility index (Phi) is 5.04. The maximum absolute atomic E-state index is 12.7. The second kappa shape index (κ2) is 7.61. The SMILES string of the molecule is CN1CCN(NC(=O)CN2CCN(c3ccc4c(c3)OCCO4)C2=O)CC1. The van der Waals surface area contributed by atoms with Gasteiger partial charge in [0.15, 0.2) is 11.5 Å². The van der Waals surface area contributed by atoms with Crippen LogP contribution < -0.4 is 19.8 Å². The molecule has 1 aromatic carbocycles. The predicted octanol–water partition coefficient (Wildman–Crippen LogP) is -0.0216. The molecule has 9 heteroatoms. The standard InChI is InChI=1S/C18H25N5O4/c1-20-4-7-22(8-5-20)19-17(24)13-21-6-9-23(18(21)25)14-2-3-15-16(12-14)27-11-10-26-15/h2-3,12H,4-11,13H2,1H3,(H,19,24). The molecular weight excluding hydrogens is 350 g/mol. The molecule has 3 amide bonds. The van der Waals surface area contributed by atoms with Gasteiger partial charge in [-0.15, -0.1) is 0 Å². The van der Waals surface area contributed by atoms with Crippen LogP contribution in [0.5, 0.6) is 11.5 Å². The predicted molar refractivity (Wildman–Crippen MR) is 99.0 cm³/mol. The van der Waals surface area contributed by atoms with Crippen molar-refractivity contribution in [2.24, 2.45) is 0 Å². The van der Waals surface area contributed by atoms with Gasteiger partial charge in [0.25, 0.3) is 5.91 Å². The monoisotopic (exact) mass is 375 g/mol. The van der Waals surface area contributed by atoms with Gasteiger partial charge < -0.3 is 19.3 Å². The summed E-state index contributed by atoms with van der Waals surface area (Å²) in [5.41, 5.74) is 3.66. The maximum Gasteiger partial charge on any atom is 0.325 e. The van der Waals surface area contributed by atoms with Crippen molar-refractivity contribution in [1.82, 2.24) is 20.2 Å². The van der Waals surface area contributed by atoms with Gasteiger partial charge in [0.1, 0.15) is 19.8 Å². The Bertz CT molecular complexity index is 720. The molecule has 9 nitrogen and oxygen atoms in total. The Morgan fingerprint density at radius 1 is 1.04 bits per heavy atom. The molecule has 0 unspecified atom stereocenters. The molecule has 146 valence electrons. The van der Waals surface area contributed by atoms with Crippen LogP contribution >= 0.6 is 0 Å². The van der Waals surface area contributed by atoms with E-state index in [2.05, 4.69) is 17.4 Å². The van der Waals surface area contributed by atoms with Crippen LogP contribution in [0.4, 0.5) is 10.5 Å². The van der Waals surface area contributed by atoms with E-state index in [4.69, 9.17) is 9.47 Å². The smallest absolute Gasteiger partial charge is 0.325 e. The van der Waals surface area contributed by atoms with E-state index >= 15 is 0 Å². The van der Waals surface area contributed by atoms with Crippen LogP contribution in [0.1, 0.15) is 0 Å². The van der Waals surface area contributed by atoms with Gasteiger partial charge in [-0.2, -0.15) is 0 Å². The molecule has 1 N–H and O–H groups in total. The topological polar surface area (TPSA) is 77.6 Å². The zero-order valence-electron chi connectivity index (χ0n) is 15.5. The van der Waals surface area contributed by atoms with E-state index in [1.807, 2.05) is 23.2 Å². The Morgan fingerprint density at radius 3 is 2.56 bits per heavy atom. The van der Waals surface area contributed by atoms with E-state index in [1.165, 1.54) is 0 Å². The maximum atomic E-state index is 12.7. The van der Waals surface area contributed by atoms with Crippen LogP contribution in [0.15, 0.2) is 18.2 Å². The molecule has 4 rings (SSSR count). The summed E-state index contributed by atoms with van der Waals surface area (Å²) in [6, 6.07) is 5.32. The number of rotatable bonds is 4. The number of amides is 3. The highest BCUT2D eigenvalue weighted by Crippen LogP contribution is 2.34. The quantitative estimate of drug-likeness (QED) is 0.797. The Morgan fingerprint density at radius 2 is 1.78 bits per heavy atom. The fourth-order valence-electron chi connectivity index (χ4n) is 3.47. The van der Waals surface area contributed by atoms with Gasteiger partial charge in [-0.05, 0) is 19.2 Å². The van der Waals surface area contributed by atoms with E-state index < -0.39 is 0 Å². The summed E-state index contributed by atoms with van der Waals surface area (Å²) in [7, 11) is 2.06. The number of carbonyl (C=O) groups is 2. The van der Waals surface area contributed by atoms with Crippen molar-refractivity contribution >= 4 is 17.6 Å². The van der Waals surface area contributed by atoms with Crippen LogP contribution in [0.3, 0.4) is 0 Å². The number of hydrogen-bond donors (Lipinski definition) is 1. The van der Waals surface area contributed by atoms with Crippen molar-refractivity contribution in [2.45, 2.75) is 0 Å². The molecule has 0 atom stereocenters. The minimum Gasteiger partial charge on any atom is -0.486 e. The molecule has 0 aromatic heterocycles. The van der Waals surface area contributed by atoms with E-state index in [0.29, 0.717) is 37.8 Å². The van der Waals surface area contributed by atoms with Gasteiger partial charge in [-0.1, -0.05) is 0 Å². The average Bonchev–Trinajstić information content (AvgIpc) is 3.03.